The van der Waals surface area contributed by atoms with Crippen LogP contribution in [0.25, 0.3) is 22.4 Å². The Kier molecular flexibility index (Phi) is 3.26. The molecule has 0 amide bonds. The average Bonchev–Trinajstić information content (AvgIpc) is 2.56. The summed E-state index contributed by atoms with van der Waals surface area (Å²) < 4.78 is 0. The summed E-state index contributed by atoms with van der Waals surface area (Å²) in [5.74, 6) is 0. The van der Waals surface area contributed by atoms with E-state index >= 15 is 0 Å². The molecule has 1 heterocycles. The van der Waals surface area contributed by atoms with Crippen molar-refractivity contribution >= 4 is 0 Å². The lowest BCUT2D eigenvalue weighted by Gasteiger charge is -2.09. The molecule has 0 atom stereocenters. The molecule has 0 aliphatic carbocycles. The second-order valence-electron chi connectivity index (χ2n) is 4.45. The number of nitriles is 1. The first-order valence-corrected chi connectivity index (χ1v) is 6.39. The normalized spacial score (nSPS) is 9.95. The van der Waals surface area contributed by atoms with Crippen LogP contribution in [0, 0.1) is 11.3 Å². The van der Waals surface area contributed by atoms with Crippen molar-refractivity contribution in [2.75, 3.05) is 0 Å². The number of rotatable bonds is 2. The molecular weight excluding hydrogens is 244 g/mol. The summed E-state index contributed by atoms with van der Waals surface area (Å²) in [6, 6.07) is 23.8. The van der Waals surface area contributed by atoms with Gasteiger partial charge in [-0.2, -0.15) is 5.26 Å². The molecule has 0 spiro atoms. The first-order chi connectivity index (χ1) is 9.88. The summed E-state index contributed by atoms with van der Waals surface area (Å²) in [4.78, 5) is 4.41. The van der Waals surface area contributed by atoms with Gasteiger partial charge in [-0.05, 0) is 35.4 Å². The fourth-order valence-corrected chi connectivity index (χ4v) is 2.24. The topological polar surface area (TPSA) is 36.7 Å². The smallest absolute Gasteiger partial charge is 0.0991 e. The molecule has 0 radical (unpaired) electrons. The van der Waals surface area contributed by atoms with Crippen molar-refractivity contribution in [3.63, 3.8) is 0 Å². The van der Waals surface area contributed by atoms with Crippen molar-refractivity contribution in [1.29, 1.82) is 5.26 Å². The van der Waals surface area contributed by atoms with Crippen molar-refractivity contribution in [2.24, 2.45) is 0 Å². The molecule has 0 bridgehead atoms. The molecule has 0 aliphatic rings. The monoisotopic (exact) mass is 256 g/mol. The Hall–Kier alpha value is -2.92. The summed E-state index contributed by atoms with van der Waals surface area (Å²) in [6.45, 7) is 0. The molecule has 94 valence electrons. The zero-order valence-corrected chi connectivity index (χ0v) is 10.8. The van der Waals surface area contributed by atoms with E-state index in [0.717, 1.165) is 22.4 Å². The number of hydrogen-bond donors (Lipinski definition) is 0. The lowest BCUT2D eigenvalue weighted by Crippen LogP contribution is -1.87. The van der Waals surface area contributed by atoms with Gasteiger partial charge in [0.1, 0.15) is 0 Å². The third-order valence-corrected chi connectivity index (χ3v) is 3.17. The van der Waals surface area contributed by atoms with E-state index in [1.807, 2.05) is 54.6 Å². The van der Waals surface area contributed by atoms with E-state index in [9.17, 15) is 0 Å². The van der Waals surface area contributed by atoms with Gasteiger partial charge in [0.15, 0.2) is 0 Å². The molecule has 0 N–H and O–H groups in total. The Morgan fingerprint density at radius 1 is 0.800 bits per heavy atom. The fraction of sp³-hybridized carbons (Fsp3) is 0. The molecule has 0 aliphatic heterocycles. The molecule has 2 heteroatoms. The van der Waals surface area contributed by atoms with Crippen LogP contribution in [0.1, 0.15) is 5.56 Å². The van der Waals surface area contributed by atoms with Crippen LogP contribution in [0.3, 0.4) is 0 Å². The average molecular weight is 256 g/mol. The highest BCUT2D eigenvalue weighted by atomic mass is 14.7. The second kappa shape index (κ2) is 5.38. The lowest BCUT2D eigenvalue weighted by atomic mass is 9.96. The van der Waals surface area contributed by atoms with Crippen LogP contribution in [0.2, 0.25) is 0 Å². The van der Waals surface area contributed by atoms with Crippen LogP contribution < -0.4 is 0 Å². The highest BCUT2D eigenvalue weighted by Crippen LogP contribution is 2.30. The SMILES string of the molecule is N#Cc1cccc(-c2ccccc2-c2ccccn2)c1. The molecule has 0 saturated heterocycles. The summed E-state index contributed by atoms with van der Waals surface area (Å²) in [5, 5.41) is 9.03. The first-order valence-electron chi connectivity index (χ1n) is 6.39. The van der Waals surface area contributed by atoms with Gasteiger partial charge >= 0.3 is 0 Å². The van der Waals surface area contributed by atoms with E-state index in [1.54, 1.807) is 6.20 Å². The van der Waals surface area contributed by atoms with Crippen LogP contribution in [0.4, 0.5) is 0 Å². The van der Waals surface area contributed by atoms with Crippen LogP contribution >= 0.6 is 0 Å². The maximum Gasteiger partial charge on any atom is 0.0991 e. The molecule has 3 aromatic rings. The molecular formula is C18H12N2. The largest absolute Gasteiger partial charge is 0.256 e. The first kappa shape index (κ1) is 12.1. The zero-order valence-electron chi connectivity index (χ0n) is 10.8. The summed E-state index contributed by atoms with van der Waals surface area (Å²) in [5.41, 5.74) is 4.79. The van der Waals surface area contributed by atoms with Crippen molar-refractivity contribution in [2.45, 2.75) is 0 Å². The van der Waals surface area contributed by atoms with Gasteiger partial charge in [0.2, 0.25) is 0 Å². The van der Waals surface area contributed by atoms with Crippen molar-refractivity contribution in [3.05, 3.63) is 78.5 Å². The van der Waals surface area contributed by atoms with E-state index in [-0.39, 0.29) is 0 Å². The zero-order chi connectivity index (χ0) is 13.8. The summed E-state index contributed by atoms with van der Waals surface area (Å²) >= 11 is 0. The van der Waals surface area contributed by atoms with Crippen molar-refractivity contribution < 1.29 is 0 Å². The van der Waals surface area contributed by atoms with Gasteiger partial charge in [-0.1, -0.05) is 42.5 Å². The third-order valence-electron chi connectivity index (χ3n) is 3.17. The Morgan fingerprint density at radius 3 is 2.35 bits per heavy atom. The van der Waals surface area contributed by atoms with Gasteiger partial charge in [0.05, 0.1) is 17.3 Å². The predicted octanol–water partition coefficient (Wildman–Crippen LogP) is 4.29. The standard InChI is InChI=1S/C18H12N2/c19-13-14-6-5-7-15(12-14)16-8-1-2-9-17(16)18-10-3-4-11-20-18/h1-12H. The molecule has 0 saturated carbocycles. The number of nitrogens with zero attached hydrogens (tertiary/aromatic N) is 2. The molecule has 1 aromatic heterocycles. The van der Waals surface area contributed by atoms with Gasteiger partial charge in [-0.15, -0.1) is 0 Å². The quantitative estimate of drug-likeness (QED) is 0.686. The second-order valence-corrected chi connectivity index (χ2v) is 4.45. The van der Waals surface area contributed by atoms with Crippen molar-refractivity contribution in [3.8, 4) is 28.5 Å². The molecule has 2 nitrogen and oxygen atoms in total. The number of benzene rings is 2. The minimum Gasteiger partial charge on any atom is -0.256 e. The Bertz CT molecular complexity index is 771. The van der Waals surface area contributed by atoms with Gasteiger partial charge < -0.3 is 0 Å². The predicted molar refractivity (Wildman–Crippen MR) is 79.8 cm³/mol. The minimum absolute atomic E-state index is 0.665. The third kappa shape index (κ3) is 2.30. The Balaban J connectivity index is 2.18. The van der Waals surface area contributed by atoms with Gasteiger partial charge in [-0.25, -0.2) is 0 Å². The Morgan fingerprint density at radius 2 is 1.60 bits per heavy atom. The van der Waals surface area contributed by atoms with Crippen LogP contribution in [-0.2, 0) is 0 Å². The van der Waals surface area contributed by atoms with E-state index in [4.69, 9.17) is 5.26 Å². The van der Waals surface area contributed by atoms with E-state index < -0.39 is 0 Å². The van der Waals surface area contributed by atoms with Crippen LogP contribution in [0.15, 0.2) is 72.9 Å². The van der Waals surface area contributed by atoms with Crippen LogP contribution in [-0.4, -0.2) is 4.98 Å². The molecule has 3 rings (SSSR count). The minimum atomic E-state index is 0.665. The maximum absolute atomic E-state index is 9.03. The molecule has 0 fully saturated rings. The number of aromatic nitrogens is 1. The van der Waals surface area contributed by atoms with E-state index in [2.05, 4.69) is 23.2 Å². The highest BCUT2D eigenvalue weighted by molar-refractivity contribution is 5.82. The lowest BCUT2D eigenvalue weighted by molar-refractivity contribution is 1.33. The van der Waals surface area contributed by atoms with E-state index in [0.29, 0.717) is 5.56 Å². The number of hydrogen-bond acceptors (Lipinski definition) is 2. The molecule has 2 aromatic carbocycles. The van der Waals surface area contributed by atoms with Gasteiger partial charge in [0, 0.05) is 11.8 Å². The molecule has 20 heavy (non-hydrogen) atoms. The van der Waals surface area contributed by atoms with Gasteiger partial charge in [0.25, 0.3) is 0 Å². The number of pyridine rings is 1. The van der Waals surface area contributed by atoms with Crippen molar-refractivity contribution in [1.82, 2.24) is 4.98 Å². The summed E-state index contributed by atoms with van der Waals surface area (Å²) in [7, 11) is 0. The maximum atomic E-state index is 9.03. The van der Waals surface area contributed by atoms with Crippen LogP contribution in [0.5, 0.6) is 0 Å². The van der Waals surface area contributed by atoms with E-state index in [1.165, 1.54) is 0 Å². The summed E-state index contributed by atoms with van der Waals surface area (Å²) in [6.07, 6.45) is 1.79. The van der Waals surface area contributed by atoms with Gasteiger partial charge in [-0.3, -0.25) is 4.98 Å². The Labute approximate surface area is 118 Å². The fourth-order valence-electron chi connectivity index (χ4n) is 2.24. The molecule has 0 unspecified atom stereocenters. The highest BCUT2D eigenvalue weighted by Gasteiger charge is 2.07.